The molecule has 2 aliphatic carbocycles. The zero-order chi connectivity index (χ0) is 9.43. The van der Waals surface area contributed by atoms with E-state index in [1.54, 1.807) is 25.7 Å². The molecule has 80 valence electrons. The van der Waals surface area contributed by atoms with E-state index in [1.807, 2.05) is 0 Å². The summed E-state index contributed by atoms with van der Waals surface area (Å²) in [7, 11) is 0. The van der Waals surface area contributed by atoms with Gasteiger partial charge in [0.15, 0.2) is 0 Å². The summed E-state index contributed by atoms with van der Waals surface area (Å²) in [6.07, 6.45) is 12.3. The average molecular weight is 193 g/mol. The van der Waals surface area contributed by atoms with Crippen molar-refractivity contribution in [1.82, 2.24) is 5.32 Å². The van der Waals surface area contributed by atoms with Crippen LogP contribution in [0.4, 0.5) is 0 Å². The van der Waals surface area contributed by atoms with Crippen molar-refractivity contribution >= 4 is 0 Å². The van der Waals surface area contributed by atoms with E-state index in [0.717, 1.165) is 17.3 Å². The predicted molar refractivity (Wildman–Crippen MR) is 59.2 cm³/mol. The van der Waals surface area contributed by atoms with E-state index in [9.17, 15) is 0 Å². The van der Waals surface area contributed by atoms with E-state index in [0.29, 0.717) is 0 Å². The fourth-order valence-electron chi connectivity index (χ4n) is 4.19. The third-order valence-corrected chi connectivity index (χ3v) is 5.15. The highest BCUT2D eigenvalue weighted by molar-refractivity contribution is 5.04. The molecular weight excluding hydrogens is 170 g/mol. The molecule has 0 aromatic rings. The first kappa shape index (κ1) is 9.21. The van der Waals surface area contributed by atoms with Gasteiger partial charge in [0.25, 0.3) is 0 Å². The lowest BCUT2D eigenvalue weighted by Gasteiger charge is -2.35. The summed E-state index contributed by atoms with van der Waals surface area (Å²) in [5.41, 5.74) is 0.860. The van der Waals surface area contributed by atoms with Crippen molar-refractivity contribution in [3.05, 3.63) is 0 Å². The normalized spacial score (nSPS) is 33.4. The molecule has 1 N–H and O–H groups in total. The predicted octanol–water partition coefficient (Wildman–Crippen LogP) is 2.96. The lowest BCUT2D eigenvalue weighted by atomic mass is 9.73. The quantitative estimate of drug-likeness (QED) is 0.711. The van der Waals surface area contributed by atoms with Gasteiger partial charge in [0.05, 0.1) is 0 Å². The van der Waals surface area contributed by atoms with Gasteiger partial charge in [0, 0.05) is 0 Å². The summed E-state index contributed by atoms with van der Waals surface area (Å²) >= 11 is 0. The average Bonchev–Trinajstić information content (AvgIpc) is 2.88. The molecular formula is C13H23N. The second-order valence-electron chi connectivity index (χ2n) is 5.74. The minimum atomic E-state index is 0.860. The van der Waals surface area contributed by atoms with Crippen molar-refractivity contribution < 1.29 is 0 Å². The second kappa shape index (κ2) is 3.52. The summed E-state index contributed by atoms with van der Waals surface area (Å²) in [4.78, 5) is 0. The second-order valence-corrected chi connectivity index (χ2v) is 5.74. The summed E-state index contributed by atoms with van der Waals surface area (Å²) in [6, 6.07) is 0. The van der Waals surface area contributed by atoms with E-state index >= 15 is 0 Å². The van der Waals surface area contributed by atoms with Crippen LogP contribution in [-0.4, -0.2) is 13.1 Å². The maximum absolute atomic E-state index is 3.51. The molecule has 14 heavy (non-hydrogen) atoms. The van der Waals surface area contributed by atoms with Crippen LogP contribution < -0.4 is 5.32 Å². The third kappa shape index (κ3) is 1.41. The van der Waals surface area contributed by atoms with E-state index in [2.05, 4.69) is 5.32 Å². The van der Waals surface area contributed by atoms with Gasteiger partial charge in [0.1, 0.15) is 0 Å². The number of nitrogens with one attached hydrogen (secondary N) is 1. The first-order chi connectivity index (χ1) is 6.92. The fraction of sp³-hybridized carbons (Fsp3) is 1.00. The Morgan fingerprint density at radius 3 is 1.93 bits per heavy atom. The van der Waals surface area contributed by atoms with Crippen LogP contribution in [0, 0.1) is 17.3 Å². The van der Waals surface area contributed by atoms with Crippen molar-refractivity contribution in [3.8, 4) is 0 Å². The Morgan fingerprint density at radius 2 is 1.36 bits per heavy atom. The largest absolute Gasteiger partial charge is 0.317 e. The van der Waals surface area contributed by atoms with Crippen LogP contribution in [0.1, 0.15) is 51.4 Å². The monoisotopic (exact) mass is 193 g/mol. The topological polar surface area (TPSA) is 12.0 Å². The molecule has 0 amide bonds. The van der Waals surface area contributed by atoms with Gasteiger partial charge < -0.3 is 5.32 Å². The maximum Gasteiger partial charge on any atom is -0.00461 e. The molecule has 0 aromatic carbocycles. The van der Waals surface area contributed by atoms with Crippen LogP contribution in [-0.2, 0) is 0 Å². The van der Waals surface area contributed by atoms with Gasteiger partial charge in [-0.15, -0.1) is 0 Å². The number of rotatable bonds is 2. The van der Waals surface area contributed by atoms with Crippen molar-refractivity contribution in [2.24, 2.45) is 17.3 Å². The fourth-order valence-corrected chi connectivity index (χ4v) is 4.19. The van der Waals surface area contributed by atoms with Crippen molar-refractivity contribution in [1.29, 1.82) is 0 Å². The van der Waals surface area contributed by atoms with Crippen LogP contribution in [0.2, 0.25) is 0 Å². The van der Waals surface area contributed by atoms with Crippen LogP contribution in [0.15, 0.2) is 0 Å². The van der Waals surface area contributed by atoms with Crippen LogP contribution in [0.25, 0.3) is 0 Å². The SMILES string of the molecule is C1CCC(C2(C3CCNCC3)CC2)C1. The minimum Gasteiger partial charge on any atom is -0.317 e. The standard InChI is InChI=1S/C13H23N/c1-2-4-11(3-1)13(7-8-13)12-5-9-14-10-6-12/h11-12,14H,1-10H2. The Morgan fingerprint density at radius 1 is 0.786 bits per heavy atom. The molecule has 3 rings (SSSR count). The van der Waals surface area contributed by atoms with Gasteiger partial charge in [-0.05, 0) is 68.9 Å². The lowest BCUT2D eigenvalue weighted by molar-refractivity contribution is 0.161. The Labute approximate surface area is 87.7 Å². The molecule has 2 saturated carbocycles. The highest BCUT2D eigenvalue weighted by atomic mass is 14.9. The molecule has 1 saturated heterocycles. The van der Waals surface area contributed by atoms with E-state index in [-0.39, 0.29) is 0 Å². The Balaban J connectivity index is 1.68. The van der Waals surface area contributed by atoms with Gasteiger partial charge in [-0.1, -0.05) is 12.8 Å². The van der Waals surface area contributed by atoms with E-state index in [4.69, 9.17) is 0 Å². The highest BCUT2D eigenvalue weighted by Gasteiger charge is 2.54. The molecule has 0 radical (unpaired) electrons. The summed E-state index contributed by atoms with van der Waals surface area (Å²) in [5.74, 6) is 2.22. The van der Waals surface area contributed by atoms with Gasteiger partial charge in [-0.25, -0.2) is 0 Å². The molecule has 3 fully saturated rings. The lowest BCUT2D eigenvalue weighted by Crippen LogP contribution is -2.35. The molecule has 1 nitrogen and oxygen atoms in total. The Hall–Kier alpha value is -0.0400. The summed E-state index contributed by atoms with van der Waals surface area (Å²) < 4.78 is 0. The molecule has 1 heteroatoms. The van der Waals surface area contributed by atoms with Gasteiger partial charge in [-0.3, -0.25) is 0 Å². The molecule has 3 aliphatic rings. The summed E-state index contributed by atoms with van der Waals surface area (Å²) in [5, 5.41) is 3.51. The maximum atomic E-state index is 3.51. The van der Waals surface area contributed by atoms with Gasteiger partial charge in [0.2, 0.25) is 0 Å². The first-order valence-corrected chi connectivity index (χ1v) is 6.62. The van der Waals surface area contributed by atoms with Crippen LogP contribution >= 0.6 is 0 Å². The molecule has 1 heterocycles. The van der Waals surface area contributed by atoms with Crippen LogP contribution in [0.5, 0.6) is 0 Å². The van der Waals surface area contributed by atoms with E-state index < -0.39 is 0 Å². The minimum absolute atomic E-state index is 0.860. The zero-order valence-corrected chi connectivity index (χ0v) is 9.23. The molecule has 0 bridgehead atoms. The molecule has 0 spiro atoms. The number of piperidine rings is 1. The third-order valence-electron chi connectivity index (χ3n) is 5.15. The Kier molecular flexibility index (Phi) is 2.31. The molecule has 0 atom stereocenters. The Bertz CT molecular complexity index is 195. The van der Waals surface area contributed by atoms with Gasteiger partial charge >= 0.3 is 0 Å². The number of hydrogen-bond donors (Lipinski definition) is 1. The highest BCUT2D eigenvalue weighted by Crippen LogP contribution is 2.63. The van der Waals surface area contributed by atoms with Crippen molar-refractivity contribution in [2.45, 2.75) is 51.4 Å². The van der Waals surface area contributed by atoms with Crippen molar-refractivity contribution in [3.63, 3.8) is 0 Å². The first-order valence-electron chi connectivity index (χ1n) is 6.62. The molecule has 0 aromatic heterocycles. The smallest absolute Gasteiger partial charge is 0.00461 e. The molecule has 0 unspecified atom stereocenters. The van der Waals surface area contributed by atoms with Crippen LogP contribution in [0.3, 0.4) is 0 Å². The summed E-state index contributed by atoms with van der Waals surface area (Å²) in [6.45, 7) is 2.58. The van der Waals surface area contributed by atoms with Gasteiger partial charge in [-0.2, -0.15) is 0 Å². The van der Waals surface area contributed by atoms with E-state index in [1.165, 1.54) is 38.8 Å². The molecule has 1 aliphatic heterocycles. The van der Waals surface area contributed by atoms with Crippen molar-refractivity contribution in [2.75, 3.05) is 13.1 Å². The number of hydrogen-bond acceptors (Lipinski definition) is 1. The zero-order valence-electron chi connectivity index (χ0n) is 9.23.